The number of fused-ring (bicyclic) bond motifs is 1. The lowest BCUT2D eigenvalue weighted by Gasteiger charge is -2.41. The van der Waals surface area contributed by atoms with Gasteiger partial charge in [0.05, 0.1) is 18.3 Å². The molecule has 25 heavy (non-hydrogen) atoms. The molecule has 130 valence electrons. The molecule has 0 radical (unpaired) electrons. The number of carbonyl (C=O) groups excluding carboxylic acids is 2. The van der Waals surface area contributed by atoms with Gasteiger partial charge < -0.3 is 9.80 Å². The van der Waals surface area contributed by atoms with Gasteiger partial charge in [0, 0.05) is 26.6 Å². The predicted octanol–water partition coefficient (Wildman–Crippen LogP) is 2.22. The minimum Gasteiger partial charge on any atom is -0.337 e. The number of rotatable bonds is 2. The van der Waals surface area contributed by atoms with Crippen molar-refractivity contribution in [2.45, 2.75) is 38.9 Å². The molecule has 2 amide bonds. The highest BCUT2D eigenvalue weighted by Gasteiger charge is 2.35. The quantitative estimate of drug-likeness (QED) is 0.844. The van der Waals surface area contributed by atoms with Crippen molar-refractivity contribution < 1.29 is 9.59 Å². The van der Waals surface area contributed by atoms with E-state index in [9.17, 15) is 9.59 Å². The molecule has 2 aliphatic rings. The van der Waals surface area contributed by atoms with E-state index in [4.69, 9.17) is 0 Å². The van der Waals surface area contributed by atoms with Gasteiger partial charge in [-0.05, 0) is 24.5 Å². The van der Waals surface area contributed by atoms with Gasteiger partial charge in [-0.15, -0.1) is 0 Å². The van der Waals surface area contributed by atoms with Crippen LogP contribution >= 0.6 is 0 Å². The molecule has 1 saturated heterocycles. The van der Waals surface area contributed by atoms with E-state index < -0.39 is 0 Å². The molecule has 6 nitrogen and oxygen atoms in total. The molecule has 6 heteroatoms. The van der Waals surface area contributed by atoms with Crippen molar-refractivity contribution in [3.8, 4) is 0 Å². The summed E-state index contributed by atoms with van der Waals surface area (Å²) < 4.78 is 1.88. The van der Waals surface area contributed by atoms with Crippen molar-refractivity contribution in [2.75, 3.05) is 13.1 Å². The highest BCUT2D eigenvalue weighted by atomic mass is 16.2. The van der Waals surface area contributed by atoms with E-state index in [0.717, 1.165) is 38.2 Å². The normalized spacial score (nSPS) is 19.8. The molecule has 3 heterocycles. The predicted molar refractivity (Wildman–Crippen MR) is 92.8 cm³/mol. The molecule has 0 saturated carbocycles. The van der Waals surface area contributed by atoms with Crippen LogP contribution in [0.4, 0.5) is 0 Å². The van der Waals surface area contributed by atoms with Crippen LogP contribution in [0.1, 0.15) is 47.6 Å². The Morgan fingerprint density at radius 2 is 1.92 bits per heavy atom. The van der Waals surface area contributed by atoms with Gasteiger partial charge in [-0.1, -0.05) is 30.3 Å². The third kappa shape index (κ3) is 2.92. The van der Waals surface area contributed by atoms with Crippen molar-refractivity contribution in [1.29, 1.82) is 0 Å². The molecule has 1 aromatic heterocycles. The highest BCUT2D eigenvalue weighted by Crippen LogP contribution is 2.34. The Kier molecular flexibility index (Phi) is 4.03. The van der Waals surface area contributed by atoms with E-state index in [1.165, 1.54) is 5.56 Å². The maximum Gasteiger partial charge on any atom is 0.274 e. The zero-order valence-electron chi connectivity index (χ0n) is 14.4. The highest BCUT2D eigenvalue weighted by molar-refractivity contribution is 5.93. The first kappa shape index (κ1) is 15.9. The van der Waals surface area contributed by atoms with Crippen LogP contribution in [0.2, 0.25) is 0 Å². The maximum atomic E-state index is 12.9. The zero-order valence-corrected chi connectivity index (χ0v) is 14.4. The lowest BCUT2D eigenvalue weighted by Crippen LogP contribution is -2.45. The first-order chi connectivity index (χ1) is 12.1. The van der Waals surface area contributed by atoms with E-state index in [1.807, 2.05) is 38.7 Å². The van der Waals surface area contributed by atoms with Gasteiger partial charge in [-0.3, -0.25) is 14.3 Å². The van der Waals surface area contributed by atoms with Crippen LogP contribution in [-0.2, 0) is 17.9 Å². The van der Waals surface area contributed by atoms with E-state index >= 15 is 0 Å². The van der Waals surface area contributed by atoms with Crippen LogP contribution in [0.15, 0.2) is 36.4 Å². The number of hydrogen-bond donors (Lipinski definition) is 0. The van der Waals surface area contributed by atoms with Crippen LogP contribution in [-0.4, -0.2) is 44.5 Å². The smallest absolute Gasteiger partial charge is 0.274 e. The second-order valence-electron chi connectivity index (χ2n) is 6.75. The first-order valence-electron chi connectivity index (χ1n) is 8.81. The Morgan fingerprint density at radius 1 is 1.12 bits per heavy atom. The molecular weight excluding hydrogens is 316 g/mol. The third-order valence-corrected chi connectivity index (χ3v) is 5.14. The molecule has 4 rings (SSSR count). The topological polar surface area (TPSA) is 58.4 Å². The van der Waals surface area contributed by atoms with E-state index in [1.54, 1.807) is 6.92 Å². The van der Waals surface area contributed by atoms with Gasteiger partial charge in [0.1, 0.15) is 0 Å². The molecule has 1 fully saturated rings. The minimum atomic E-state index is -0.0185. The summed E-state index contributed by atoms with van der Waals surface area (Å²) in [6, 6.07) is 12.1. The molecule has 0 N–H and O–H groups in total. The van der Waals surface area contributed by atoms with Crippen molar-refractivity contribution in [2.24, 2.45) is 0 Å². The summed E-state index contributed by atoms with van der Waals surface area (Å²) in [7, 11) is 0. The third-order valence-electron chi connectivity index (χ3n) is 5.14. The van der Waals surface area contributed by atoms with E-state index in [0.29, 0.717) is 12.2 Å². The van der Waals surface area contributed by atoms with Crippen molar-refractivity contribution in [1.82, 2.24) is 19.6 Å². The van der Waals surface area contributed by atoms with Crippen molar-refractivity contribution >= 4 is 11.8 Å². The molecule has 2 aromatic rings. The molecule has 0 bridgehead atoms. The lowest BCUT2D eigenvalue weighted by atomic mass is 9.94. The summed E-state index contributed by atoms with van der Waals surface area (Å²) in [5.74, 6) is 0.0458. The number of aryl methyl sites for hydroxylation is 1. The Hall–Kier alpha value is -2.63. The van der Waals surface area contributed by atoms with Crippen LogP contribution < -0.4 is 0 Å². The number of aromatic nitrogens is 2. The minimum absolute atomic E-state index is 0.0185. The molecule has 2 aliphatic heterocycles. The second-order valence-corrected chi connectivity index (χ2v) is 6.75. The van der Waals surface area contributed by atoms with Gasteiger partial charge >= 0.3 is 0 Å². The summed E-state index contributed by atoms with van der Waals surface area (Å²) >= 11 is 0. The van der Waals surface area contributed by atoms with E-state index in [2.05, 4.69) is 17.2 Å². The monoisotopic (exact) mass is 338 g/mol. The fourth-order valence-corrected chi connectivity index (χ4v) is 3.63. The summed E-state index contributed by atoms with van der Waals surface area (Å²) in [5, 5.41) is 4.52. The Bertz CT molecular complexity index is 799. The van der Waals surface area contributed by atoms with Crippen LogP contribution in [0.5, 0.6) is 0 Å². The number of hydrogen-bond acceptors (Lipinski definition) is 3. The van der Waals surface area contributed by atoms with E-state index in [-0.39, 0.29) is 17.9 Å². The molecule has 0 aliphatic carbocycles. The summed E-state index contributed by atoms with van der Waals surface area (Å²) in [6.07, 6.45) is 1.85. The van der Waals surface area contributed by atoms with Gasteiger partial charge in [0.2, 0.25) is 5.91 Å². The summed E-state index contributed by atoms with van der Waals surface area (Å²) in [5.41, 5.74) is 2.60. The SMILES string of the molecule is CC(=O)N1CCCn2nc(C(=O)N3CC[C@@H]3c3ccccc3)cc2C1. The number of nitrogens with zero attached hydrogens (tertiary/aromatic N) is 4. The Balaban J connectivity index is 1.54. The molecule has 0 unspecified atom stereocenters. The first-order valence-corrected chi connectivity index (χ1v) is 8.81. The maximum absolute atomic E-state index is 12.9. The zero-order chi connectivity index (χ0) is 17.4. The second kappa shape index (κ2) is 6.35. The number of carbonyl (C=O) groups is 2. The molecular formula is C19H22N4O2. The summed E-state index contributed by atoms with van der Waals surface area (Å²) in [6.45, 7) is 4.36. The standard InChI is InChI=1S/C19H22N4O2/c1-14(24)21-9-5-10-23-16(13-21)12-17(20-23)19(25)22-11-8-18(22)15-6-3-2-4-7-15/h2-4,6-7,12,18H,5,8-11,13H2,1H3/t18-/m1/s1. The lowest BCUT2D eigenvalue weighted by molar-refractivity contribution is -0.129. The van der Waals surface area contributed by atoms with Crippen LogP contribution in [0.3, 0.4) is 0 Å². The number of likely N-dealkylation sites (tertiary alicyclic amines) is 1. The van der Waals surface area contributed by atoms with Gasteiger partial charge in [-0.25, -0.2) is 0 Å². The number of benzene rings is 1. The fourth-order valence-electron chi connectivity index (χ4n) is 3.63. The fraction of sp³-hybridized carbons (Fsp3) is 0.421. The van der Waals surface area contributed by atoms with Crippen LogP contribution in [0.25, 0.3) is 0 Å². The molecule has 1 atom stereocenters. The van der Waals surface area contributed by atoms with Gasteiger partial charge in [0.25, 0.3) is 5.91 Å². The average Bonchev–Trinajstić information content (AvgIpc) is 2.86. The largest absolute Gasteiger partial charge is 0.337 e. The number of amides is 2. The Labute approximate surface area is 147 Å². The van der Waals surface area contributed by atoms with Crippen molar-refractivity contribution in [3.63, 3.8) is 0 Å². The summed E-state index contributed by atoms with van der Waals surface area (Å²) in [4.78, 5) is 28.3. The molecule has 0 spiro atoms. The van der Waals surface area contributed by atoms with Crippen molar-refractivity contribution in [3.05, 3.63) is 53.3 Å². The average molecular weight is 338 g/mol. The van der Waals surface area contributed by atoms with Crippen LogP contribution in [0, 0.1) is 0 Å². The van der Waals surface area contributed by atoms with Gasteiger partial charge in [0.15, 0.2) is 5.69 Å². The van der Waals surface area contributed by atoms with Gasteiger partial charge in [-0.2, -0.15) is 5.10 Å². The Morgan fingerprint density at radius 3 is 2.60 bits per heavy atom. The molecule has 1 aromatic carbocycles.